The molecule has 0 bridgehead atoms. The lowest BCUT2D eigenvalue weighted by atomic mass is 10.1. The molecule has 0 radical (unpaired) electrons. The van der Waals surface area contributed by atoms with Crippen LogP contribution in [0, 0.1) is 0 Å². The molecule has 1 amide bonds. The molecular weight excluding hydrogens is 404 g/mol. The second kappa shape index (κ2) is 9.69. The van der Waals surface area contributed by atoms with Crippen molar-refractivity contribution in [1.82, 2.24) is 5.43 Å². The van der Waals surface area contributed by atoms with Crippen LogP contribution < -0.4 is 10.2 Å². The van der Waals surface area contributed by atoms with E-state index in [-0.39, 0.29) is 5.91 Å². The van der Waals surface area contributed by atoms with Crippen molar-refractivity contribution in [2.75, 3.05) is 0 Å². The Bertz CT molecular complexity index is 909. The molecule has 0 saturated heterocycles. The van der Waals surface area contributed by atoms with Crippen LogP contribution in [-0.4, -0.2) is 12.1 Å². The van der Waals surface area contributed by atoms with Crippen molar-refractivity contribution >= 4 is 28.1 Å². The number of ether oxygens (including phenoxy) is 1. The van der Waals surface area contributed by atoms with Crippen LogP contribution in [0.3, 0.4) is 0 Å². The van der Waals surface area contributed by atoms with Gasteiger partial charge in [-0.25, -0.2) is 5.43 Å². The Morgan fingerprint density at radius 3 is 2.41 bits per heavy atom. The lowest BCUT2D eigenvalue weighted by Crippen LogP contribution is -2.19. The van der Waals surface area contributed by atoms with Crippen LogP contribution in [0.1, 0.15) is 16.7 Å². The number of nitrogens with zero attached hydrogens (tertiary/aromatic N) is 1. The first-order valence-corrected chi connectivity index (χ1v) is 9.32. The van der Waals surface area contributed by atoms with E-state index in [2.05, 4.69) is 26.5 Å². The molecule has 0 aliphatic carbocycles. The van der Waals surface area contributed by atoms with Gasteiger partial charge in [0.1, 0.15) is 12.4 Å². The first kappa shape index (κ1) is 18.9. The smallest absolute Gasteiger partial charge is 0.244 e. The van der Waals surface area contributed by atoms with Gasteiger partial charge in [0, 0.05) is 10.0 Å². The second-order valence-electron chi connectivity index (χ2n) is 5.91. The largest absolute Gasteiger partial charge is 0.488 e. The van der Waals surface area contributed by atoms with E-state index < -0.39 is 0 Å². The van der Waals surface area contributed by atoms with Gasteiger partial charge < -0.3 is 4.74 Å². The van der Waals surface area contributed by atoms with Gasteiger partial charge in [0.25, 0.3) is 0 Å². The molecule has 0 heterocycles. The third kappa shape index (κ3) is 6.08. The molecule has 0 unspecified atom stereocenters. The van der Waals surface area contributed by atoms with Gasteiger partial charge >= 0.3 is 0 Å². The average Bonchev–Trinajstić information content (AvgIpc) is 2.69. The molecule has 0 aliphatic rings. The number of carbonyl (C=O) groups is 1. The summed E-state index contributed by atoms with van der Waals surface area (Å²) in [5.74, 6) is 0.548. The summed E-state index contributed by atoms with van der Waals surface area (Å²) in [6, 6.07) is 25.1. The van der Waals surface area contributed by atoms with Crippen LogP contribution >= 0.6 is 15.9 Å². The predicted octanol–water partition coefficient (Wildman–Crippen LogP) is 4.72. The summed E-state index contributed by atoms with van der Waals surface area (Å²) >= 11 is 3.42. The molecule has 0 aliphatic heterocycles. The van der Waals surface area contributed by atoms with Gasteiger partial charge in [-0.15, -0.1) is 0 Å². The van der Waals surface area contributed by atoms with Crippen molar-refractivity contribution in [2.45, 2.75) is 13.0 Å². The third-order valence-corrected chi connectivity index (χ3v) is 4.36. The Morgan fingerprint density at radius 1 is 0.926 bits per heavy atom. The van der Waals surface area contributed by atoms with E-state index in [9.17, 15) is 4.79 Å². The zero-order valence-electron chi connectivity index (χ0n) is 14.6. The number of hydrogen-bond donors (Lipinski definition) is 1. The summed E-state index contributed by atoms with van der Waals surface area (Å²) in [7, 11) is 0. The van der Waals surface area contributed by atoms with Crippen molar-refractivity contribution in [3.8, 4) is 5.75 Å². The number of hydrazone groups is 1. The molecule has 27 heavy (non-hydrogen) atoms. The van der Waals surface area contributed by atoms with Crippen molar-refractivity contribution < 1.29 is 9.53 Å². The van der Waals surface area contributed by atoms with Crippen molar-refractivity contribution in [3.05, 3.63) is 100 Å². The Balaban J connectivity index is 1.57. The molecule has 4 nitrogen and oxygen atoms in total. The lowest BCUT2D eigenvalue weighted by Gasteiger charge is -2.09. The number of benzene rings is 3. The molecule has 3 aromatic carbocycles. The maximum absolute atomic E-state index is 12.0. The number of halogens is 1. The van der Waals surface area contributed by atoms with E-state index in [1.165, 1.54) is 0 Å². The van der Waals surface area contributed by atoms with Gasteiger partial charge in [-0.05, 0) is 35.4 Å². The molecule has 0 fully saturated rings. The monoisotopic (exact) mass is 422 g/mol. The lowest BCUT2D eigenvalue weighted by molar-refractivity contribution is -0.120. The van der Waals surface area contributed by atoms with E-state index in [4.69, 9.17) is 4.74 Å². The first-order chi connectivity index (χ1) is 13.2. The number of carbonyl (C=O) groups excluding carboxylic acids is 1. The van der Waals surface area contributed by atoms with Crippen LogP contribution in [0.4, 0.5) is 0 Å². The summed E-state index contributed by atoms with van der Waals surface area (Å²) in [5.41, 5.74) is 5.38. The van der Waals surface area contributed by atoms with E-state index in [1.54, 1.807) is 6.21 Å². The van der Waals surface area contributed by atoms with Crippen LogP contribution in [0.15, 0.2) is 88.4 Å². The Hall–Kier alpha value is -2.92. The molecule has 0 atom stereocenters. The van der Waals surface area contributed by atoms with E-state index in [1.807, 2.05) is 78.9 Å². The molecule has 0 saturated carbocycles. The predicted molar refractivity (Wildman–Crippen MR) is 111 cm³/mol. The normalized spacial score (nSPS) is 10.7. The Labute approximate surface area is 167 Å². The summed E-state index contributed by atoms with van der Waals surface area (Å²) in [6.07, 6.45) is 1.89. The quantitative estimate of drug-likeness (QED) is 0.442. The molecule has 0 aromatic heterocycles. The number of hydrogen-bond acceptors (Lipinski definition) is 3. The summed E-state index contributed by atoms with van der Waals surface area (Å²) in [5, 5.41) is 4.05. The zero-order valence-corrected chi connectivity index (χ0v) is 16.2. The molecule has 136 valence electrons. The Morgan fingerprint density at radius 2 is 1.63 bits per heavy atom. The van der Waals surface area contributed by atoms with Gasteiger partial charge in [0.05, 0.1) is 12.6 Å². The maximum Gasteiger partial charge on any atom is 0.244 e. The molecule has 0 spiro atoms. The highest BCUT2D eigenvalue weighted by molar-refractivity contribution is 9.10. The molecule has 1 N–H and O–H groups in total. The second-order valence-corrected chi connectivity index (χ2v) is 6.82. The minimum atomic E-state index is -0.161. The van der Waals surface area contributed by atoms with Crippen LogP contribution in [0.5, 0.6) is 5.75 Å². The molecular formula is C22H19BrN2O2. The van der Waals surface area contributed by atoms with Crippen molar-refractivity contribution in [1.29, 1.82) is 0 Å². The van der Waals surface area contributed by atoms with Crippen LogP contribution in [0.25, 0.3) is 0 Å². The Kier molecular flexibility index (Phi) is 6.77. The van der Waals surface area contributed by atoms with Crippen molar-refractivity contribution in [2.24, 2.45) is 5.10 Å². The van der Waals surface area contributed by atoms with Gasteiger partial charge in [-0.1, -0.05) is 70.5 Å². The highest BCUT2D eigenvalue weighted by atomic mass is 79.9. The summed E-state index contributed by atoms with van der Waals surface area (Å²) in [6.45, 7) is 0.457. The fraction of sp³-hybridized carbons (Fsp3) is 0.0909. The molecule has 5 heteroatoms. The number of nitrogens with one attached hydrogen (secondary N) is 1. The minimum Gasteiger partial charge on any atom is -0.488 e. The van der Waals surface area contributed by atoms with Crippen LogP contribution in [0.2, 0.25) is 0 Å². The topological polar surface area (TPSA) is 50.7 Å². The zero-order chi connectivity index (χ0) is 18.9. The number of para-hydroxylation sites is 1. The van der Waals surface area contributed by atoms with Gasteiger partial charge in [0.2, 0.25) is 5.91 Å². The van der Waals surface area contributed by atoms with Crippen LogP contribution in [-0.2, 0) is 17.8 Å². The van der Waals surface area contributed by atoms with Gasteiger partial charge in [-0.3, -0.25) is 4.79 Å². The van der Waals surface area contributed by atoms with E-state index in [0.29, 0.717) is 18.8 Å². The molecule has 3 rings (SSSR count). The van der Waals surface area contributed by atoms with Gasteiger partial charge in [-0.2, -0.15) is 5.10 Å². The van der Waals surface area contributed by atoms with Gasteiger partial charge in [0.15, 0.2) is 0 Å². The number of amides is 1. The minimum absolute atomic E-state index is 0.161. The van der Waals surface area contributed by atoms with E-state index in [0.717, 1.165) is 21.2 Å². The first-order valence-electron chi connectivity index (χ1n) is 8.53. The standard InChI is InChI=1S/C22H19BrN2O2/c23-20-12-10-18(11-13-20)16-27-21-9-5-4-8-19(21)15-24-25-22(26)14-17-6-2-1-3-7-17/h1-13,15H,14,16H2,(H,25,26). The highest BCUT2D eigenvalue weighted by Gasteiger charge is 2.03. The summed E-state index contributed by atoms with van der Waals surface area (Å²) in [4.78, 5) is 12.0. The fourth-order valence-electron chi connectivity index (χ4n) is 2.45. The molecule has 3 aromatic rings. The van der Waals surface area contributed by atoms with Crippen molar-refractivity contribution in [3.63, 3.8) is 0 Å². The maximum atomic E-state index is 12.0. The summed E-state index contributed by atoms with van der Waals surface area (Å²) < 4.78 is 6.93. The fourth-order valence-corrected chi connectivity index (χ4v) is 2.72. The average molecular weight is 423 g/mol. The number of rotatable bonds is 7. The highest BCUT2D eigenvalue weighted by Crippen LogP contribution is 2.18. The SMILES string of the molecule is O=C(Cc1ccccc1)NN=Cc1ccccc1OCc1ccc(Br)cc1. The van der Waals surface area contributed by atoms with E-state index >= 15 is 0 Å². The third-order valence-electron chi connectivity index (χ3n) is 3.83.